The van der Waals surface area contributed by atoms with Gasteiger partial charge in [0.05, 0.1) is 11.7 Å². The number of amides is 2. The van der Waals surface area contributed by atoms with E-state index in [2.05, 4.69) is 30.7 Å². The van der Waals surface area contributed by atoms with Crippen molar-refractivity contribution in [2.45, 2.75) is 39.2 Å². The number of nitrogens with two attached hydrogens (primary N) is 1. The van der Waals surface area contributed by atoms with Gasteiger partial charge in [-0.15, -0.1) is 6.58 Å². The van der Waals surface area contributed by atoms with Crippen molar-refractivity contribution >= 4 is 29.4 Å². The number of hydrogen-bond acceptors (Lipinski definition) is 4. The van der Waals surface area contributed by atoms with Gasteiger partial charge in [-0.1, -0.05) is 56.3 Å². The lowest BCUT2D eigenvalue weighted by atomic mass is 10.0. The smallest absolute Gasteiger partial charge is 0.252 e. The molecule has 172 valence electrons. The summed E-state index contributed by atoms with van der Waals surface area (Å²) < 4.78 is 0. The fourth-order valence-corrected chi connectivity index (χ4v) is 3.89. The van der Waals surface area contributed by atoms with Crippen LogP contribution in [-0.4, -0.2) is 35.6 Å². The van der Waals surface area contributed by atoms with E-state index < -0.39 is 0 Å². The van der Waals surface area contributed by atoms with Crippen molar-refractivity contribution in [2.24, 2.45) is 10.7 Å². The highest BCUT2D eigenvalue weighted by molar-refractivity contribution is 6.06. The number of hydrogen-bond donors (Lipinski definition) is 2. The van der Waals surface area contributed by atoms with Crippen molar-refractivity contribution in [1.82, 2.24) is 10.2 Å². The molecule has 6 heteroatoms. The molecule has 0 saturated carbocycles. The van der Waals surface area contributed by atoms with Crippen molar-refractivity contribution < 1.29 is 9.59 Å². The fraction of sp³-hybridized carbons (Fsp3) is 0.296. The molecule has 1 aliphatic rings. The van der Waals surface area contributed by atoms with Crippen LogP contribution in [0.25, 0.3) is 6.08 Å². The summed E-state index contributed by atoms with van der Waals surface area (Å²) in [5, 5.41) is 2.99. The summed E-state index contributed by atoms with van der Waals surface area (Å²) in [7, 11) is 0. The molecule has 2 aromatic rings. The zero-order chi connectivity index (χ0) is 23.8. The average molecular weight is 445 g/mol. The van der Waals surface area contributed by atoms with Gasteiger partial charge in [0.1, 0.15) is 5.84 Å². The Labute approximate surface area is 195 Å². The molecule has 0 saturated heterocycles. The Hall–Kier alpha value is -3.67. The van der Waals surface area contributed by atoms with Crippen molar-refractivity contribution in [3.63, 3.8) is 0 Å². The Morgan fingerprint density at radius 3 is 2.48 bits per heavy atom. The van der Waals surface area contributed by atoms with E-state index in [1.165, 1.54) is 0 Å². The lowest BCUT2D eigenvalue weighted by molar-refractivity contribution is -0.127. The van der Waals surface area contributed by atoms with Gasteiger partial charge in [-0.3, -0.25) is 9.59 Å². The number of nitrogens with one attached hydrogen (secondary N) is 1. The highest BCUT2D eigenvalue weighted by Crippen LogP contribution is 2.29. The van der Waals surface area contributed by atoms with E-state index in [0.29, 0.717) is 35.7 Å². The summed E-state index contributed by atoms with van der Waals surface area (Å²) in [6, 6.07) is 14.6. The van der Waals surface area contributed by atoms with Gasteiger partial charge in [0.2, 0.25) is 5.91 Å². The summed E-state index contributed by atoms with van der Waals surface area (Å²) >= 11 is 0. The van der Waals surface area contributed by atoms with Crippen molar-refractivity contribution in [1.29, 1.82) is 0 Å². The van der Waals surface area contributed by atoms with Crippen LogP contribution >= 0.6 is 0 Å². The van der Waals surface area contributed by atoms with Crippen LogP contribution in [0.5, 0.6) is 0 Å². The summed E-state index contributed by atoms with van der Waals surface area (Å²) in [4.78, 5) is 32.4. The molecule has 0 radical (unpaired) electrons. The number of fused-ring (bicyclic) bond motifs is 1. The first-order valence-corrected chi connectivity index (χ1v) is 11.4. The van der Waals surface area contributed by atoms with Crippen LogP contribution in [0.15, 0.2) is 71.8 Å². The Bertz CT molecular complexity index is 1070. The highest BCUT2D eigenvalue weighted by Gasteiger charge is 2.21. The molecule has 2 amide bonds. The molecule has 0 aromatic heterocycles. The third kappa shape index (κ3) is 5.98. The summed E-state index contributed by atoms with van der Waals surface area (Å²) in [5.41, 5.74) is 9.54. The van der Waals surface area contributed by atoms with E-state index in [4.69, 9.17) is 5.73 Å². The van der Waals surface area contributed by atoms with Crippen molar-refractivity contribution in [3.05, 3.63) is 83.4 Å². The topological polar surface area (TPSA) is 87.8 Å². The van der Waals surface area contributed by atoms with E-state index in [0.717, 1.165) is 24.0 Å². The SMILES string of the molecule is C=CC(NC(=O)c1ccc2c(c1)N=C(N)CC(C(=O)N(CCC)CCC)=C2)c1ccccc1. The zero-order valence-corrected chi connectivity index (χ0v) is 19.4. The summed E-state index contributed by atoms with van der Waals surface area (Å²) in [6.07, 6.45) is 5.62. The van der Waals surface area contributed by atoms with Crippen LogP contribution in [0.2, 0.25) is 0 Å². The molecule has 1 heterocycles. The second-order valence-electron chi connectivity index (χ2n) is 8.11. The third-order valence-corrected chi connectivity index (χ3v) is 5.49. The molecule has 6 nitrogen and oxygen atoms in total. The van der Waals surface area contributed by atoms with Gasteiger partial charge < -0.3 is 16.0 Å². The molecule has 3 N–H and O–H groups in total. The molecule has 1 aliphatic heterocycles. The first-order valence-electron chi connectivity index (χ1n) is 11.4. The predicted molar refractivity (Wildman–Crippen MR) is 134 cm³/mol. The molecule has 1 unspecified atom stereocenters. The number of carbonyl (C=O) groups is 2. The van der Waals surface area contributed by atoms with Crippen LogP contribution in [0, 0.1) is 0 Å². The van der Waals surface area contributed by atoms with Gasteiger partial charge in [-0.2, -0.15) is 0 Å². The minimum atomic E-state index is -0.307. The van der Waals surface area contributed by atoms with Gasteiger partial charge in [-0.05, 0) is 36.6 Å². The van der Waals surface area contributed by atoms with E-state index in [1.54, 1.807) is 18.2 Å². The standard InChI is InChI=1S/C27H32N4O2/c1-4-14-31(15-5-2)27(33)22-16-20-12-13-21(17-24(20)29-25(28)18-22)26(32)30-23(6-3)19-10-8-7-9-11-19/h6-13,16-17,23H,3-5,14-15,18H2,1-2H3,(H2,28,29)(H,30,32). The van der Waals surface area contributed by atoms with Crippen LogP contribution in [-0.2, 0) is 4.79 Å². The number of benzene rings is 2. The van der Waals surface area contributed by atoms with Gasteiger partial charge in [0.25, 0.3) is 5.91 Å². The maximum atomic E-state index is 13.1. The van der Waals surface area contributed by atoms with Crippen molar-refractivity contribution in [2.75, 3.05) is 13.1 Å². The lowest BCUT2D eigenvalue weighted by Crippen LogP contribution is -2.34. The largest absolute Gasteiger partial charge is 0.387 e. The van der Waals surface area contributed by atoms with E-state index in [1.807, 2.05) is 47.4 Å². The van der Waals surface area contributed by atoms with Gasteiger partial charge in [0.15, 0.2) is 0 Å². The molecule has 0 fully saturated rings. The number of carbonyl (C=O) groups excluding carboxylic acids is 2. The molecule has 0 bridgehead atoms. The summed E-state index contributed by atoms with van der Waals surface area (Å²) in [5.74, 6) is 0.109. The van der Waals surface area contributed by atoms with Gasteiger partial charge >= 0.3 is 0 Å². The zero-order valence-electron chi connectivity index (χ0n) is 19.4. The first kappa shape index (κ1) is 24.0. The fourth-order valence-electron chi connectivity index (χ4n) is 3.89. The van der Waals surface area contributed by atoms with Crippen LogP contribution in [0.4, 0.5) is 5.69 Å². The number of amidine groups is 1. The Balaban J connectivity index is 1.86. The normalized spacial score (nSPS) is 13.6. The average Bonchev–Trinajstić information content (AvgIpc) is 2.99. The van der Waals surface area contributed by atoms with E-state index in [9.17, 15) is 9.59 Å². The van der Waals surface area contributed by atoms with Gasteiger partial charge in [-0.25, -0.2) is 4.99 Å². The van der Waals surface area contributed by atoms with Crippen LogP contribution in [0.3, 0.4) is 0 Å². The molecular formula is C27H32N4O2. The highest BCUT2D eigenvalue weighted by atomic mass is 16.2. The number of aliphatic imine (C=N–C) groups is 1. The van der Waals surface area contributed by atoms with E-state index >= 15 is 0 Å². The number of nitrogens with zero attached hydrogens (tertiary/aromatic N) is 2. The molecule has 0 spiro atoms. The Morgan fingerprint density at radius 2 is 1.85 bits per heavy atom. The van der Waals surface area contributed by atoms with Crippen molar-refractivity contribution in [3.8, 4) is 0 Å². The van der Waals surface area contributed by atoms with Gasteiger partial charge in [0, 0.05) is 36.2 Å². The molecule has 33 heavy (non-hydrogen) atoms. The predicted octanol–water partition coefficient (Wildman–Crippen LogP) is 4.77. The minimum absolute atomic E-state index is 0.0109. The maximum absolute atomic E-state index is 13.1. The Kier molecular flexibility index (Phi) is 8.19. The third-order valence-electron chi connectivity index (χ3n) is 5.49. The second kappa shape index (κ2) is 11.3. The monoisotopic (exact) mass is 444 g/mol. The molecule has 1 atom stereocenters. The lowest BCUT2D eigenvalue weighted by Gasteiger charge is -2.22. The number of rotatable bonds is 9. The molecular weight excluding hydrogens is 412 g/mol. The molecule has 2 aromatic carbocycles. The van der Waals surface area contributed by atoms with Crippen LogP contribution in [0.1, 0.15) is 60.6 Å². The molecule has 3 rings (SSSR count). The first-order chi connectivity index (χ1) is 16.0. The summed E-state index contributed by atoms with van der Waals surface area (Å²) in [6.45, 7) is 9.38. The Morgan fingerprint density at radius 1 is 1.15 bits per heavy atom. The minimum Gasteiger partial charge on any atom is -0.387 e. The van der Waals surface area contributed by atoms with E-state index in [-0.39, 0.29) is 24.3 Å². The molecule has 0 aliphatic carbocycles. The maximum Gasteiger partial charge on any atom is 0.252 e. The second-order valence-corrected chi connectivity index (χ2v) is 8.11. The van der Waals surface area contributed by atoms with Crippen LogP contribution < -0.4 is 11.1 Å². The quantitative estimate of drug-likeness (QED) is 0.546.